The molecule has 0 spiro atoms. The maximum atomic E-state index is 12.3. The summed E-state index contributed by atoms with van der Waals surface area (Å²) in [7, 11) is -9.58. The standard InChI is InChI=1S/C22H16N4O7S2.2Na/c27-20-12-5-14-3-1-2-4-18(14)22(20)26-25-19-11-8-16(13-21(19)35(31,32)33)24-23-15-6-9-17(10-7-15)34(28,29)30;;/h1-13,25H,(H,28,29,30)(H,31,32,33);;/q;2*+1/p-2/b24-23?,26-22-;;. The Morgan fingerprint density at radius 3 is 2.00 bits per heavy atom. The molecule has 178 valence electrons. The predicted molar refractivity (Wildman–Crippen MR) is 124 cm³/mol. The van der Waals surface area contributed by atoms with E-state index in [0.29, 0.717) is 5.56 Å². The second-order valence-corrected chi connectivity index (χ2v) is 9.87. The number of azo groups is 1. The van der Waals surface area contributed by atoms with Crippen molar-refractivity contribution in [3.05, 3.63) is 83.9 Å². The van der Waals surface area contributed by atoms with Crippen LogP contribution < -0.4 is 64.5 Å². The number of rotatable bonds is 6. The van der Waals surface area contributed by atoms with Crippen LogP contribution >= 0.6 is 0 Å². The van der Waals surface area contributed by atoms with E-state index in [1.807, 2.05) is 0 Å². The van der Waals surface area contributed by atoms with E-state index in [-0.39, 0.29) is 81.9 Å². The second kappa shape index (κ2) is 12.7. The van der Waals surface area contributed by atoms with Crippen LogP contribution in [0.3, 0.4) is 0 Å². The van der Waals surface area contributed by atoms with E-state index < -0.39 is 35.8 Å². The Morgan fingerprint density at radius 1 is 0.730 bits per heavy atom. The summed E-state index contributed by atoms with van der Waals surface area (Å²) in [6, 6.07) is 15.1. The van der Waals surface area contributed by atoms with Crippen LogP contribution in [0.4, 0.5) is 17.1 Å². The van der Waals surface area contributed by atoms with Gasteiger partial charge < -0.3 is 9.11 Å². The number of nitrogens with one attached hydrogen (secondary N) is 1. The maximum absolute atomic E-state index is 12.3. The molecule has 3 aromatic rings. The number of hydrogen-bond acceptors (Lipinski definition) is 11. The summed E-state index contributed by atoms with van der Waals surface area (Å²) >= 11 is 0. The first-order valence-corrected chi connectivity index (χ1v) is 12.6. The largest absolute Gasteiger partial charge is 1.00 e. The number of fused-ring (bicyclic) bond motifs is 1. The molecule has 15 heteroatoms. The summed E-state index contributed by atoms with van der Waals surface area (Å²) < 4.78 is 68.5. The molecule has 0 atom stereocenters. The maximum Gasteiger partial charge on any atom is 1.00 e. The third kappa shape index (κ3) is 7.74. The third-order valence-corrected chi connectivity index (χ3v) is 6.52. The fourth-order valence-electron chi connectivity index (χ4n) is 3.13. The molecule has 1 aliphatic rings. The minimum atomic E-state index is -4.97. The zero-order valence-corrected chi connectivity index (χ0v) is 25.2. The fourth-order valence-corrected chi connectivity index (χ4v) is 4.25. The van der Waals surface area contributed by atoms with Crippen molar-refractivity contribution < 1.29 is 89.9 Å². The molecule has 0 aromatic heterocycles. The zero-order chi connectivity index (χ0) is 25.2. The number of ketones is 1. The van der Waals surface area contributed by atoms with Crippen molar-refractivity contribution in [2.24, 2.45) is 15.3 Å². The molecule has 0 aliphatic heterocycles. The number of nitrogens with zero attached hydrogens (tertiary/aromatic N) is 3. The molecular weight excluding hydrogens is 542 g/mol. The van der Waals surface area contributed by atoms with Crippen molar-refractivity contribution >= 4 is 54.9 Å². The molecule has 0 saturated heterocycles. The molecule has 0 heterocycles. The summed E-state index contributed by atoms with van der Waals surface area (Å²) in [5.41, 5.74) is 3.83. The first-order chi connectivity index (χ1) is 16.5. The van der Waals surface area contributed by atoms with Gasteiger partial charge in [0.1, 0.15) is 25.9 Å². The van der Waals surface area contributed by atoms with Crippen molar-refractivity contribution in [1.29, 1.82) is 0 Å². The summed E-state index contributed by atoms with van der Waals surface area (Å²) in [6.45, 7) is 0. The molecule has 0 amide bonds. The molecular formula is C22H14N4Na2O7S2. The number of benzene rings is 3. The van der Waals surface area contributed by atoms with Gasteiger partial charge in [0, 0.05) is 5.56 Å². The summed E-state index contributed by atoms with van der Waals surface area (Å²) in [5, 5.41) is 11.7. The van der Waals surface area contributed by atoms with E-state index in [0.717, 1.165) is 23.8 Å². The molecule has 0 unspecified atom stereocenters. The number of hydrazone groups is 1. The average molecular weight is 556 g/mol. The minimum absolute atomic E-state index is 0. The van der Waals surface area contributed by atoms with Crippen LogP contribution in [0.1, 0.15) is 11.1 Å². The van der Waals surface area contributed by atoms with E-state index in [1.165, 1.54) is 30.3 Å². The van der Waals surface area contributed by atoms with Gasteiger partial charge in [-0.3, -0.25) is 10.2 Å². The topological polar surface area (TPSA) is 181 Å². The fraction of sp³-hybridized carbons (Fsp3) is 0. The van der Waals surface area contributed by atoms with Gasteiger partial charge in [-0.15, -0.1) is 0 Å². The number of anilines is 1. The number of hydrogen-bond donors (Lipinski definition) is 1. The van der Waals surface area contributed by atoms with E-state index in [2.05, 4.69) is 20.8 Å². The first kappa shape index (κ1) is 31.2. The molecule has 0 fully saturated rings. The molecule has 37 heavy (non-hydrogen) atoms. The van der Waals surface area contributed by atoms with Gasteiger partial charge >= 0.3 is 59.1 Å². The Balaban J connectivity index is 0.00000241. The van der Waals surface area contributed by atoms with Gasteiger partial charge in [-0.1, -0.05) is 30.3 Å². The predicted octanol–water partition coefficient (Wildman–Crippen LogP) is -2.67. The molecule has 3 aromatic carbocycles. The van der Waals surface area contributed by atoms with Crippen molar-refractivity contribution in [2.45, 2.75) is 9.79 Å². The van der Waals surface area contributed by atoms with Crippen LogP contribution in [0.2, 0.25) is 0 Å². The Labute approximate surface area is 256 Å². The van der Waals surface area contributed by atoms with E-state index in [9.17, 15) is 30.7 Å². The van der Waals surface area contributed by atoms with Gasteiger partial charge in [0.15, 0.2) is 0 Å². The van der Waals surface area contributed by atoms with Crippen molar-refractivity contribution in [3.63, 3.8) is 0 Å². The molecule has 1 N–H and O–H groups in total. The Kier molecular flexibility index (Phi) is 10.7. The summed E-state index contributed by atoms with van der Waals surface area (Å²) in [5.74, 6) is -0.399. The van der Waals surface area contributed by atoms with Crippen LogP contribution in [-0.2, 0) is 25.0 Å². The van der Waals surface area contributed by atoms with Crippen LogP contribution in [0.5, 0.6) is 0 Å². The van der Waals surface area contributed by atoms with Crippen molar-refractivity contribution in [2.75, 3.05) is 5.43 Å². The van der Waals surface area contributed by atoms with Gasteiger partial charge in [0.2, 0.25) is 5.78 Å². The third-order valence-electron chi connectivity index (χ3n) is 4.79. The van der Waals surface area contributed by atoms with Crippen LogP contribution in [0.25, 0.3) is 6.08 Å². The van der Waals surface area contributed by atoms with E-state index >= 15 is 0 Å². The molecule has 11 nitrogen and oxygen atoms in total. The minimum Gasteiger partial charge on any atom is -0.744 e. The first-order valence-electron chi connectivity index (χ1n) is 9.75. The van der Waals surface area contributed by atoms with Crippen LogP contribution in [0, 0.1) is 0 Å². The van der Waals surface area contributed by atoms with Crippen LogP contribution in [-0.4, -0.2) is 37.4 Å². The van der Waals surface area contributed by atoms with Gasteiger partial charge in [-0.05, 0) is 54.1 Å². The molecule has 0 radical (unpaired) electrons. The zero-order valence-electron chi connectivity index (χ0n) is 19.5. The van der Waals surface area contributed by atoms with Crippen molar-refractivity contribution in [1.82, 2.24) is 0 Å². The smallest absolute Gasteiger partial charge is 0.744 e. The Hall–Kier alpha value is -2.04. The van der Waals surface area contributed by atoms with Crippen LogP contribution in [0.15, 0.2) is 97.9 Å². The molecule has 0 bridgehead atoms. The summed E-state index contributed by atoms with van der Waals surface area (Å²) in [6.07, 6.45) is 2.97. The van der Waals surface area contributed by atoms with Gasteiger partial charge in [0.25, 0.3) is 0 Å². The Morgan fingerprint density at radius 2 is 1.35 bits per heavy atom. The van der Waals surface area contributed by atoms with Gasteiger partial charge in [0.05, 0.1) is 26.9 Å². The molecule has 4 rings (SSSR count). The number of carbonyl (C=O) groups is 1. The SMILES string of the molecule is O=C1C=Cc2ccccc2/C1=N/Nc1ccc(N=Nc2ccc(S(=O)(=O)[O-])cc2)cc1S(=O)(=O)[O-].[Na+].[Na+]. The summed E-state index contributed by atoms with van der Waals surface area (Å²) in [4.78, 5) is 11.2. The van der Waals surface area contributed by atoms with Gasteiger partial charge in [-0.25, -0.2) is 16.8 Å². The van der Waals surface area contributed by atoms with E-state index in [1.54, 1.807) is 30.3 Å². The van der Waals surface area contributed by atoms with Gasteiger partial charge in [-0.2, -0.15) is 15.3 Å². The average Bonchev–Trinajstić information content (AvgIpc) is 2.81. The monoisotopic (exact) mass is 556 g/mol. The quantitative estimate of drug-likeness (QED) is 0.148. The normalized spacial score (nSPS) is 14.1. The molecule has 1 aliphatic carbocycles. The number of carbonyl (C=O) groups excluding carboxylic acids is 1. The van der Waals surface area contributed by atoms with E-state index in [4.69, 9.17) is 0 Å². The van der Waals surface area contributed by atoms with Crippen molar-refractivity contribution in [3.8, 4) is 0 Å². The number of allylic oxidation sites excluding steroid dienone is 1. The second-order valence-electron chi connectivity index (χ2n) is 7.14. The Bertz CT molecular complexity index is 1640. The molecule has 0 saturated carbocycles.